The van der Waals surface area contributed by atoms with E-state index in [9.17, 15) is 0 Å². The topological polar surface area (TPSA) is 63.8 Å². The van der Waals surface area contributed by atoms with Crippen LogP contribution in [-0.2, 0) is 6.42 Å². The summed E-state index contributed by atoms with van der Waals surface area (Å²) in [6.45, 7) is 0. The largest absolute Gasteiger partial charge is 0.399 e. The highest BCUT2D eigenvalue weighted by molar-refractivity contribution is 9.10. The number of rotatable bonds is 2. The number of nitrogen functional groups attached to an aromatic ring is 1. The predicted octanol–water partition coefficient (Wildman–Crippen LogP) is 3.31. The van der Waals surface area contributed by atoms with Crippen molar-refractivity contribution in [3.63, 3.8) is 0 Å². The molecule has 1 aliphatic rings. The van der Waals surface area contributed by atoms with Gasteiger partial charge in [-0.25, -0.2) is 9.97 Å². The average Bonchev–Trinajstić information content (AvgIpc) is 2.41. The van der Waals surface area contributed by atoms with E-state index < -0.39 is 0 Å². The molecule has 0 fully saturated rings. The number of fused-ring (bicyclic) bond motifs is 1. The van der Waals surface area contributed by atoms with Crippen LogP contribution in [0.4, 0.5) is 11.6 Å². The molecular formula is C14H15BrN4. The Morgan fingerprint density at radius 3 is 2.84 bits per heavy atom. The summed E-state index contributed by atoms with van der Waals surface area (Å²) in [7, 11) is 0. The van der Waals surface area contributed by atoms with Crippen molar-refractivity contribution >= 4 is 27.6 Å². The summed E-state index contributed by atoms with van der Waals surface area (Å²) < 4.78 is 0.884. The third-order valence-corrected chi connectivity index (χ3v) is 3.81. The highest BCUT2D eigenvalue weighted by atomic mass is 79.9. The first-order valence-electron chi connectivity index (χ1n) is 6.35. The van der Waals surface area contributed by atoms with Crippen LogP contribution in [-0.4, -0.2) is 9.97 Å². The van der Waals surface area contributed by atoms with E-state index in [2.05, 4.69) is 43.3 Å². The summed E-state index contributed by atoms with van der Waals surface area (Å²) in [5, 5.41) is 3.40. The SMILES string of the molecule is Nc1ccc2c(c1)CCCC2Nc1ncc(Br)cn1. The van der Waals surface area contributed by atoms with E-state index in [4.69, 9.17) is 5.73 Å². The molecule has 19 heavy (non-hydrogen) atoms. The molecule has 3 rings (SSSR count). The lowest BCUT2D eigenvalue weighted by Crippen LogP contribution is -2.18. The molecule has 0 bridgehead atoms. The van der Waals surface area contributed by atoms with Crippen LogP contribution in [0.2, 0.25) is 0 Å². The minimum absolute atomic E-state index is 0.269. The van der Waals surface area contributed by atoms with Gasteiger partial charge in [-0.3, -0.25) is 0 Å². The molecule has 2 aromatic rings. The van der Waals surface area contributed by atoms with Crippen molar-refractivity contribution in [3.05, 3.63) is 46.2 Å². The normalized spacial score (nSPS) is 17.8. The fourth-order valence-corrected chi connectivity index (χ4v) is 2.73. The first kappa shape index (κ1) is 12.4. The Hall–Kier alpha value is -1.62. The summed E-state index contributed by atoms with van der Waals surface area (Å²) >= 11 is 3.34. The molecule has 1 unspecified atom stereocenters. The maximum Gasteiger partial charge on any atom is 0.223 e. The van der Waals surface area contributed by atoms with E-state index in [-0.39, 0.29) is 6.04 Å². The second kappa shape index (κ2) is 5.17. The molecule has 1 aliphatic carbocycles. The Kier molecular flexibility index (Phi) is 3.38. The molecule has 5 heteroatoms. The third-order valence-electron chi connectivity index (χ3n) is 3.41. The maximum absolute atomic E-state index is 5.85. The van der Waals surface area contributed by atoms with Crippen molar-refractivity contribution in [1.82, 2.24) is 9.97 Å². The second-order valence-corrected chi connectivity index (χ2v) is 5.69. The molecule has 1 aromatic carbocycles. The number of aromatic nitrogens is 2. The summed E-state index contributed by atoms with van der Waals surface area (Å²) in [4.78, 5) is 8.54. The summed E-state index contributed by atoms with van der Waals surface area (Å²) in [5.41, 5.74) is 9.33. The Labute approximate surface area is 120 Å². The van der Waals surface area contributed by atoms with E-state index in [0.717, 1.165) is 29.4 Å². The number of benzene rings is 1. The molecule has 0 radical (unpaired) electrons. The van der Waals surface area contributed by atoms with Gasteiger partial charge in [0.2, 0.25) is 5.95 Å². The highest BCUT2D eigenvalue weighted by Gasteiger charge is 2.20. The van der Waals surface area contributed by atoms with E-state index in [0.29, 0.717) is 5.95 Å². The monoisotopic (exact) mass is 318 g/mol. The van der Waals surface area contributed by atoms with E-state index in [1.54, 1.807) is 12.4 Å². The van der Waals surface area contributed by atoms with Gasteiger partial charge in [-0.1, -0.05) is 6.07 Å². The lowest BCUT2D eigenvalue weighted by Gasteiger charge is -2.26. The Bertz CT molecular complexity index is 582. The van der Waals surface area contributed by atoms with Gasteiger partial charge in [-0.15, -0.1) is 0 Å². The van der Waals surface area contributed by atoms with Crippen molar-refractivity contribution in [1.29, 1.82) is 0 Å². The number of nitrogens with zero attached hydrogens (tertiary/aromatic N) is 2. The standard InChI is InChI=1S/C14H15BrN4/c15-10-7-17-14(18-8-10)19-13-3-1-2-9-6-11(16)4-5-12(9)13/h4-8,13H,1-3,16H2,(H,17,18,19). The minimum Gasteiger partial charge on any atom is -0.399 e. The summed E-state index contributed by atoms with van der Waals surface area (Å²) in [5.74, 6) is 0.665. The van der Waals surface area contributed by atoms with Crippen molar-refractivity contribution < 1.29 is 0 Å². The van der Waals surface area contributed by atoms with Crippen LogP contribution in [0.25, 0.3) is 0 Å². The summed E-state index contributed by atoms with van der Waals surface area (Å²) in [6.07, 6.45) is 6.85. The van der Waals surface area contributed by atoms with Gasteiger partial charge in [0.25, 0.3) is 0 Å². The third kappa shape index (κ3) is 2.71. The van der Waals surface area contributed by atoms with Gasteiger partial charge in [0.05, 0.1) is 10.5 Å². The number of nitrogens with one attached hydrogen (secondary N) is 1. The van der Waals surface area contributed by atoms with Crippen LogP contribution in [0.3, 0.4) is 0 Å². The molecular weight excluding hydrogens is 304 g/mol. The van der Waals surface area contributed by atoms with E-state index in [1.165, 1.54) is 11.1 Å². The van der Waals surface area contributed by atoms with E-state index in [1.807, 2.05) is 6.07 Å². The van der Waals surface area contributed by atoms with E-state index >= 15 is 0 Å². The second-order valence-electron chi connectivity index (χ2n) is 4.77. The maximum atomic E-state index is 5.85. The first-order valence-corrected chi connectivity index (χ1v) is 7.14. The Balaban J connectivity index is 1.85. The first-order chi connectivity index (χ1) is 9.22. The molecule has 1 aromatic heterocycles. The number of hydrogen-bond donors (Lipinski definition) is 2. The van der Waals surface area contributed by atoms with Gasteiger partial charge in [0.15, 0.2) is 0 Å². The molecule has 0 saturated heterocycles. The lowest BCUT2D eigenvalue weighted by atomic mass is 9.87. The van der Waals surface area contributed by atoms with Crippen molar-refractivity contribution in [2.75, 3.05) is 11.1 Å². The molecule has 0 amide bonds. The summed E-state index contributed by atoms with van der Waals surface area (Å²) in [6, 6.07) is 6.42. The zero-order valence-corrected chi connectivity index (χ0v) is 12.0. The van der Waals surface area contributed by atoms with Crippen LogP contribution in [0.5, 0.6) is 0 Å². The van der Waals surface area contributed by atoms with Crippen LogP contribution < -0.4 is 11.1 Å². The number of anilines is 2. The number of nitrogens with two attached hydrogens (primary N) is 1. The van der Waals surface area contributed by atoms with Crippen molar-refractivity contribution in [2.24, 2.45) is 0 Å². The molecule has 4 nitrogen and oxygen atoms in total. The molecule has 0 saturated carbocycles. The van der Waals surface area contributed by atoms with Gasteiger partial charge >= 0.3 is 0 Å². The average molecular weight is 319 g/mol. The van der Waals surface area contributed by atoms with Gasteiger partial charge in [-0.05, 0) is 58.5 Å². The molecule has 0 aliphatic heterocycles. The fraction of sp³-hybridized carbons (Fsp3) is 0.286. The van der Waals surface area contributed by atoms with Crippen LogP contribution in [0.15, 0.2) is 35.1 Å². The Morgan fingerprint density at radius 1 is 1.26 bits per heavy atom. The molecule has 1 atom stereocenters. The van der Waals surface area contributed by atoms with Crippen LogP contribution >= 0.6 is 15.9 Å². The predicted molar refractivity (Wildman–Crippen MR) is 79.9 cm³/mol. The molecule has 1 heterocycles. The fourth-order valence-electron chi connectivity index (χ4n) is 2.53. The smallest absolute Gasteiger partial charge is 0.223 e. The van der Waals surface area contributed by atoms with Gasteiger partial charge in [-0.2, -0.15) is 0 Å². The van der Waals surface area contributed by atoms with Crippen molar-refractivity contribution in [2.45, 2.75) is 25.3 Å². The molecule has 3 N–H and O–H groups in total. The van der Waals surface area contributed by atoms with Gasteiger partial charge in [0, 0.05) is 18.1 Å². The molecule has 0 spiro atoms. The van der Waals surface area contributed by atoms with Crippen molar-refractivity contribution in [3.8, 4) is 0 Å². The Morgan fingerprint density at radius 2 is 2.05 bits per heavy atom. The number of aryl methyl sites for hydroxylation is 1. The number of hydrogen-bond acceptors (Lipinski definition) is 4. The van der Waals surface area contributed by atoms with Crippen LogP contribution in [0.1, 0.15) is 30.0 Å². The zero-order chi connectivity index (χ0) is 13.2. The van der Waals surface area contributed by atoms with Gasteiger partial charge < -0.3 is 11.1 Å². The van der Waals surface area contributed by atoms with Crippen LogP contribution in [0, 0.1) is 0 Å². The molecule has 98 valence electrons. The zero-order valence-electron chi connectivity index (χ0n) is 10.4. The highest BCUT2D eigenvalue weighted by Crippen LogP contribution is 2.32. The minimum atomic E-state index is 0.269. The quantitative estimate of drug-likeness (QED) is 0.834. The lowest BCUT2D eigenvalue weighted by molar-refractivity contribution is 0.596. The number of halogens is 1. The van der Waals surface area contributed by atoms with Gasteiger partial charge in [0.1, 0.15) is 0 Å².